The first-order valence-corrected chi connectivity index (χ1v) is 8.83. The molecule has 0 spiro atoms. The second kappa shape index (κ2) is 9.05. The smallest absolute Gasteiger partial charge is 0.416 e. The summed E-state index contributed by atoms with van der Waals surface area (Å²) in [4.78, 5) is 11.1. The number of anilines is 1. The van der Waals surface area contributed by atoms with Gasteiger partial charge in [0.1, 0.15) is 5.75 Å². The van der Waals surface area contributed by atoms with Crippen molar-refractivity contribution in [2.45, 2.75) is 6.18 Å². The number of nitrogens with one attached hydrogen (secondary N) is 1. The number of carboxylic acids is 1. The summed E-state index contributed by atoms with van der Waals surface area (Å²) >= 11 is 0. The third-order valence-electron chi connectivity index (χ3n) is 4.01. The first kappa shape index (κ1) is 20.8. The number of aromatic carboxylic acids is 1. The second-order valence-electron chi connectivity index (χ2n) is 6.16. The SMILES string of the molecule is O=C(O)c1cccc(Oc2ccccc2NCC#Cc2ccc(C(F)(F)F)cc2)c1. The highest BCUT2D eigenvalue weighted by Gasteiger charge is 2.29. The fraction of sp³-hybridized carbons (Fsp3) is 0.0870. The van der Waals surface area contributed by atoms with E-state index in [1.54, 1.807) is 36.4 Å². The fourth-order valence-electron chi connectivity index (χ4n) is 2.55. The molecule has 4 nitrogen and oxygen atoms in total. The fourth-order valence-corrected chi connectivity index (χ4v) is 2.55. The van der Waals surface area contributed by atoms with Gasteiger partial charge < -0.3 is 15.2 Å². The van der Waals surface area contributed by atoms with Crippen molar-refractivity contribution < 1.29 is 27.8 Å². The molecular weight excluding hydrogens is 395 g/mol. The molecule has 7 heteroatoms. The molecule has 0 fully saturated rings. The summed E-state index contributed by atoms with van der Waals surface area (Å²) in [5, 5.41) is 12.2. The molecule has 3 aromatic carbocycles. The molecule has 0 saturated carbocycles. The van der Waals surface area contributed by atoms with E-state index in [2.05, 4.69) is 17.2 Å². The van der Waals surface area contributed by atoms with E-state index in [1.807, 2.05) is 0 Å². The molecule has 0 bridgehead atoms. The molecule has 2 N–H and O–H groups in total. The van der Waals surface area contributed by atoms with Crippen molar-refractivity contribution in [3.05, 3.63) is 89.5 Å². The Hall–Kier alpha value is -3.92. The number of benzene rings is 3. The highest BCUT2D eigenvalue weighted by atomic mass is 19.4. The third kappa shape index (κ3) is 5.55. The van der Waals surface area contributed by atoms with Gasteiger partial charge in [0.05, 0.1) is 23.4 Å². The molecule has 3 rings (SSSR count). The topological polar surface area (TPSA) is 58.6 Å². The van der Waals surface area contributed by atoms with E-state index in [0.29, 0.717) is 22.7 Å². The molecule has 0 unspecified atom stereocenters. The van der Waals surface area contributed by atoms with Gasteiger partial charge in [0.15, 0.2) is 5.75 Å². The molecule has 0 aliphatic heterocycles. The minimum absolute atomic E-state index is 0.111. The minimum atomic E-state index is -4.37. The monoisotopic (exact) mass is 411 g/mol. The number of halogens is 3. The van der Waals surface area contributed by atoms with E-state index in [0.717, 1.165) is 12.1 Å². The van der Waals surface area contributed by atoms with Crippen LogP contribution in [0.25, 0.3) is 0 Å². The Morgan fingerprint density at radius 2 is 1.73 bits per heavy atom. The number of ether oxygens (including phenoxy) is 1. The van der Waals surface area contributed by atoms with Crippen LogP contribution < -0.4 is 10.1 Å². The first-order valence-electron chi connectivity index (χ1n) is 8.83. The Labute approximate surface area is 170 Å². The molecule has 0 amide bonds. The Bertz CT molecular complexity index is 1100. The normalized spacial score (nSPS) is 10.6. The number of para-hydroxylation sites is 2. The lowest BCUT2D eigenvalue weighted by Gasteiger charge is -2.12. The summed E-state index contributed by atoms with van der Waals surface area (Å²) in [5.41, 5.74) is 0.504. The lowest BCUT2D eigenvalue weighted by atomic mass is 10.1. The lowest BCUT2D eigenvalue weighted by Crippen LogP contribution is -2.04. The number of alkyl halides is 3. The Morgan fingerprint density at radius 3 is 2.43 bits per heavy atom. The van der Waals surface area contributed by atoms with Gasteiger partial charge in [-0.05, 0) is 54.6 Å². The summed E-state index contributed by atoms with van der Waals surface area (Å²) in [6, 6.07) is 17.8. The van der Waals surface area contributed by atoms with Gasteiger partial charge >= 0.3 is 12.1 Å². The number of rotatable bonds is 5. The predicted molar refractivity (Wildman–Crippen MR) is 107 cm³/mol. The van der Waals surface area contributed by atoms with Gasteiger partial charge in [0, 0.05) is 5.56 Å². The number of hydrogen-bond donors (Lipinski definition) is 2. The first-order chi connectivity index (χ1) is 14.3. The molecule has 30 heavy (non-hydrogen) atoms. The zero-order chi connectivity index (χ0) is 21.6. The number of carboxylic acid groups (broad SMARTS) is 1. The highest BCUT2D eigenvalue weighted by Crippen LogP contribution is 2.30. The molecular formula is C23H16F3NO3. The zero-order valence-corrected chi connectivity index (χ0v) is 15.5. The van der Waals surface area contributed by atoms with Crippen LogP contribution in [0.3, 0.4) is 0 Å². The van der Waals surface area contributed by atoms with Crippen molar-refractivity contribution in [2.75, 3.05) is 11.9 Å². The van der Waals surface area contributed by atoms with Gasteiger partial charge in [0.2, 0.25) is 0 Å². The summed E-state index contributed by atoms with van der Waals surface area (Å²) < 4.78 is 43.5. The van der Waals surface area contributed by atoms with Crippen LogP contribution in [-0.2, 0) is 6.18 Å². The van der Waals surface area contributed by atoms with Crippen LogP contribution in [0.5, 0.6) is 11.5 Å². The van der Waals surface area contributed by atoms with Gasteiger partial charge in [-0.1, -0.05) is 30.0 Å². The minimum Gasteiger partial charge on any atom is -0.478 e. The second-order valence-corrected chi connectivity index (χ2v) is 6.16. The van der Waals surface area contributed by atoms with E-state index in [4.69, 9.17) is 9.84 Å². The van der Waals surface area contributed by atoms with Crippen LogP contribution in [-0.4, -0.2) is 17.6 Å². The Balaban J connectivity index is 1.66. The molecule has 0 aliphatic carbocycles. The molecule has 152 valence electrons. The van der Waals surface area contributed by atoms with Gasteiger partial charge in [-0.2, -0.15) is 13.2 Å². The maximum atomic E-state index is 12.6. The van der Waals surface area contributed by atoms with Gasteiger partial charge in [-0.25, -0.2) is 4.79 Å². The van der Waals surface area contributed by atoms with Crippen molar-refractivity contribution in [3.8, 4) is 23.3 Å². The molecule has 0 aromatic heterocycles. The largest absolute Gasteiger partial charge is 0.478 e. The van der Waals surface area contributed by atoms with Crippen molar-refractivity contribution in [2.24, 2.45) is 0 Å². The van der Waals surface area contributed by atoms with Crippen LogP contribution in [0.1, 0.15) is 21.5 Å². The Kier molecular flexibility index (Phi) is 6.28. The number of carbonyl (C=O) groups is 1. The van der Waals surface area contributed by atoms with Crippen LogP contribution in [0.4, 0.5) is 18.9 Å². The summed E-state index contributed by atoms with van der Waals surface area (Å²) in [7, 11) is 0. The highest BCUT2D eigenvalue weighted by molar-refractivity contribution is 5.88. The van der Waals surface area contributed by atoms with Crippen molar-refractivity contribution in [1.29, 1.82) is 0 Å². The van der Waals surface area contributed by atoms with Crippen molar-refractivity contribution >= 4 is 11.7 Å². The average Bonchev–Trinajstić information content (AvgIpc) is 2.72. The zero-order valence-electron chi connectivity index (χ0n) is 15.5. The molecule has 0 heterocycles. The standard InChI is InChI=1S/C23H16F3NO3/c24-23(25,26)18-12-10-16(11-13-18)5-4-14-27-20-8-1-2-9-21(20)30-19-7-3-6-17(15-19)22(28)29/h1-3,6-13,15,27H,14H2,(H,28,29). The van der Waals surface area contributed by atoms with E-state index in [-0.39, 0.29) is 12.1 Å². The van der Waals surface area contributed by atoms with Gasteiger partial charge in [-0.3, -0.25) is 0 Å². The molecule has 0 radical (unpaired) electrons. The molecule has 3 aromatic rings. The Morgan fingerprint density at radius 1 is 1.00 bits per heavy atom. The molecule has 0 atom stereocenters. The van der Waals surface area contributed by atoms with Gasteiger partial charge in [0.25, 0.3) is 0 Å². The number of hydrogen-bond acceptors (Lipinski definition) is 3. The van der Waals surface area contributed by atoms with Crippen LogP contribution >= 0.6 is 0 Å². The average molecular weight is 411 g/mol. The molecule has 0 aliphatic rings. The van der Waals surface area contributed by atoms with E-state index in [1.165, 1.54) is 24.3 Å². The molecule has 0 saturated heterocycles. The van der Waals surface area contributed by atoms with Crippen LogP contribution in [0.2, 0.25) is 0 Å². The summed E-state index contributed by atoms with van der Waals surface area (Å²) in [6.45, 7) is 0.233. The van der Waals surface area contributed by atoms with E-state index in [9.17, 15) is 18.0 Å². The third-order valence-corrected chi connectivity index (χ3v) is 4.01. The summed E-state index contributed by atoms with van der Waals surface area (Å²) in [6.07, 6.45) is -4.37. The van der Waals surface area contributed by atoms with E-state index >= 15 is 0 Å². The van der Waals surface area contributed by atoms with Crippen molar-refractivity contribution in [1.82, 2.24) is 0 Å². The maximum Gasteiger partial charge on any atom is 0.416 e. The van der Waals surface area contributed by atoms with Gasteiger partial charge in [-0.15, -0.1) is 0 Å². The maximum absolute atomic E-state index is 12.6. The van der Waals surface area contributed by atoms with Crippen LogP contribution in [0, 0.1) is 11.8 Å². The van der Waals surface area contributed by atoms with Crippen LogP contribution in [0.15, 0.2) is 72.8 Å². The predicted octanol–water partition coefficient (Wildman–Crippen LogP) is 5.66. The van der Waals surface area contributed by atoms with E-state index < -0.39 is 17.7 Å². The quantitative estimate of drug-likeness (QED) is 0.532. The van der Waals surface area contributed by atoms with Crippen molar-refractivity contribution in [3.63, 3.8) is 0 Å². The lowest BCUT2D eigenvalue weighted by molar-refractivity contribution is -0.137. The summed E-state index contributed by atoms with van der Waals surface area (Å²) in [5.74, 6) is 5.45.